The van der Waals surface area contributed by atoms with Crippen molar-refractivity contribution in [1.29, 1.82) is 0 Å². The van der Waals surface area contributed by atoms with Crippen LogP contribution >= 0.6 is 11.6 Å². The van der Waals surface area contributed by atoms with E-state index in [4.69, 9.17) is 16.3 Å². The smallest absolute Gasteiger partial charge is 0.224 e. The molecule has 1 heterocycles. The number of rotatable bonds is 3. The van der Waals surface area contributed by atoms with Crippen LogP contribution in [0.2, 0.25) is 5.28 Å². The molecule has 0 amide bonds. The minimum absolute atomic E-state index is 0.240. The van der Waals surface area contributed by atoms with Crippen molar-refractivity contribution in [2.45, 2.75) is 18.9 Å². The van der Waals surface area contributed by atoms with E-state index < -0.39 is 0 Å². The van der Waals surface area contributed by atoms with Gasteiger partial charge in [-0.25, -0.2) is 4.98 Å². The molecule has 1 aliphatic carbocycles. The largest absolute Gasteiger partial charge is 0.491 e. The van der Waals surface area contributed by atoms with Gasteiger partial charge in [-0.2, -0.15) is 4.98 Å². The lowest BCUT2D eigenvalue weighted by atomic mass is 10.5. The van der Waals surface area contributed by atoms with Crippen molar-refractivity contribution < 1.29 is 4.74 Å². The van der Waals surface area contributed by atoms with E-state index in [0.29, 0.717) is 17.6 Å². The molecular formula is C8H10ClN3O. The molecule has 0 aromatic carbocycles. The zero-order valence-corrected chi connectivity index (χ0v) is 8.01. The van der Waals surface area contributed by atoms with E-state index in [0.717, 1.165) is 0 Å². The SMILES string of the molecule is COc1cnc(Cl)nc1NC1CC1. The summed E-state index contributed by atoms with van der Waals surface area (Å²) in [5.41, 5.74) is 0. The number of halogens is 1. The van der Waals surface area contributed by atoms with Crippen molar-refractivity contribution >= 4 is 17.4 Å². The standard InChI is InChI=1S/C8H10ClN3O/c1-13-6-4-10-8(9)12-7(6)11-5-2-3-5/h4-5H,2-3H2,1H3,(H,10,11,12). The number of nitrogens with one attached hydrogen (secondary N) is 1. The second-order valence-electron chi connectivity index (χ2n) is 2.97. The summed E-state index contributed by atoms with van der Waals surface area (Å²) in [5.74, 6) is 1.32. The molecule has 0 aliphatic heterocycles. The molecule has 0 unspecified atom stereocenters. The highest BCUT2D eigenvalue weighted by molar-refractivity contribution is 6.28. The molecule has 1 saturated carbocycles. The maximum atomic E-state index is 5.66. The van der Waals surface area contributed by atoms with Crippen molar-refractivity contribution in [1.82, 2.24) is 9.97 Å². The molecule has 0 atom stereocenters. The fourth-order valence-electron chi connectivity index (χ4n) is 1.02. The van der Waals surface area contributed by atoms with Crippen molar-refractivity contribution in [2.24, 2.45) is 0 Å². The van der Waals surface area contributed by atoms with E-state index in [1.807, 2.05) is 0 Å². The number of methoxy groups -OCH3 is 1. The highest BCUT2D eigenvalue weighted by atomic mass is 35.5. The van der Waals surface area contributed by atoms with Gasteiger partial charge in [-0.1, -0.05) is 0 Å². The first-order chi connectivity index (χ1) is 6.29. The number of ether oxygens (including phenoxy) is 1. The van der Waals surface area contributed by atoms with Gasteiger partial charge in [0, 0.05) is 6.04 Å². The highest BCUT2D eigenvalue weighted by Crippen LogP contribution is 2.29. The topological polar surface area (TPSA) is 47.0 Å². The summed E-state index contributed by atoms with van der Waals surface area (Å²) in [5, 5.41) is 3.46. The fourth-order valence-corrected chi connectivity index (χ4v) is 1.16. The first kappa shape index (κ1) is 8.56. The second kappa shape index (κ2) is 3.38. The van der Waals surface area contributed by atoms with E-state index >= 15 is 0 Å². The van der Waals surface area contributed by atoms with Crippen molar-refractivity contribution in [3.05, 3.63) is 11.5 Å². The van der Waals surface area contributed by atoms with Gasteiger partial charge >= 0.3 is 0 Å². The molecule has 4 nitrogen and oxygen atoms in total. The Kier molecular flexibility index (Phi) is 2.22. The Bertz CT molecular complexity index is 314. The van der Waals surface area contributed by atoms with Crippen LogP contribution in [0.25, 0.3) is 0 Å². The van der Waals surface area contributed by atoms with Gasteiger partial charge in [0.1, 0.15) is 0 Å². The van der Waals surface area contributed by atoms with E-state index in [1.165, 1.54) is 12.8 Å². The third-order valence-electron chi connectivity index (χ3n) is 1.86. The third kappa shape index (κ3) is 2.01. The van der Waals surface area contributed by atoms with Crippen LogP contribution in [0.1, 0.15) is 12.8 Å². The molecule has 1 aliphatic rings. The number of aromatic nitrogens is 2. The van der Waals surface area contributed by atoms with E-state index in [9.17, 15) is 0 Å². The van der Waals surface area contributed by atoms with Crippen molar-refractivity contribution in [3.8, 4) is 5.75 Å². The zero-order valence-electron chi connectivity index (χ0n) is 7.25. The van der Waals surface area contributed by atoms with Crippen molar-refractivity contribution in [2.75, 3.05) is 12.4 Å². The average molecular weight is 200 g/mol. The minimum Gasteiger partial charge on any atom is -0.491 e. The summed E-state index contributed by atoms with van der Waals surface area (Å²) in [7, 11) is 1.59. The lowest BCUT2D eigenvalue weighted by Crippen LogP contribution is -2.05. The molecule has 1 fully saturated rings. The van der Waals surface area contributed by atoms with Gasteiger partial charge in [0.05, 0.1) is 13.3 Å². The second-order valence-corrected chi connectivity index (χ2v) is 3.31. The minimum atomic E-state index is 0.240. The fraction of sp³-hybridized carbons (Fsp3) is 0.500. The Morgan fingerprint density at radius 3 is 3.00 bits per heavy atom. The van der Waals surface area contributed by atoms with Gasteiger partial charge in [-0.15, -0.1) is 0 Å². The van der Waals surface area contributed by atoms with Gasteiger partial charge in [0.15, 0.2) is 11.6 Å². The Morgan fingerprint density at radius 2 is 2.38 bits per heavy atom. The molecule has 0 bridgehead atoms. The lowest BCUT2D eigenvalue weighted by molar-refractivity contribution is 0.412. The van der Waals surface area contributed by atoms with Gasteiger partial charge in [-0.3, -0.25) is 0 Å². The molecule has 1 N–H and O–H groups in total. The molecule has 0 radical (unpaired) electrons. The molecule has 0 spiro atoms. The van der Waals surface area contributed by atoms with E-state index in [-0.39, 0.29) is 5.28 Å². The third-order valence-corrected chi connectivity index (χ3v) is 2.05. The zero-order chi connectivity index (χ0) is 9.26. The van der Waals surface area contributed by atoms with Crippen molar-refractivity contribution in [3.63, 3.8) is 0 Å². The summed E-state index contributed by atoms with van der Waals surface area (Å²) < 4.78 is 5.08. The average Bonchev–Trinajstić information content (AvgIpc) is 2.89. The van der Waals surface area contributed by atoms with Crippen LogP contribution in [-0.2, 0) is 0 Å². The maximum absolute atomic E-state index is 5.66. The molecule has 1 aromatic heterocycles. The van der Waals surface area contributed by atoms with E-state index in [1.54, 1.807) is 13.3 Å². The monoisotopic (exact) mass is 199 g/mol. The lowest BCUT2D eigenvalue weighted by Gasteiger charge is -2.07. The summed E-state index contributed by atoms with van der Waals surface area (Å²) in [4.78, 5) is 7.87. The van der Waals surface area contributed by atoms with Crippen LogP contribution in [0.5, 0.6) is 5.75 Å². The number of hydrogen-bond acceptors (Lipinski definition) is 4. The molecule has 70 valence electrons. The number of hydrogen-bond donors (Lipinski definition) is 1. The number of nitrogens with zero attached hydrogens (tertiary/aromatic N) is 2. The molecule has 1 aromatic rings. The quantitative estimate of drug-likeness (QED) is 0.753. The summed E-state index contributed by atoms with van der Waals surface area (Å²) >= 11 is 5.66. The van der Waals surface area contributed by atoms with Crippen LogP contribution in [0.4, 0.5) is 5.82 Å². The Labute approximate surface area is 81.3 Å². The van der Waals surface area contributed by atoms with Crippen LogP contribution in [0, 0.1) is 0 Å². The first-order valence-electron chi connectivity index (χ1n) is 4.12. The summed E-state index contributed by atoms with van der Waals surface area (Å²) in [6, 6.07) is 0.528. The highest BCUT2D eigenvalue weighted by Gasteiger charge is 2.23. The van der Waals surface area contributed by atoms with Gasteiger partial charge in [-0.05, 0) is 24.4 Å². The maximum Gasteiger partial charge on any atom is 0.224 e. The van der Waals surface area contributed by atoms with Crippen LogP contribution in [0.15, 0.2) is 6.20 Å². The van der Waals surface area contributed by atoms with Crippen LogP contribution in [0.3, 0.4) is 0 Å². The van der Waals surface area contributed by atoms with E-state index in [2.05, 4.69) is 15.3 Å². The summed E-state index contributed by atoms with van der Waals surface area (Å²) in [6.07, 6.45) is 3.94. The molecule has 5 heteroatoms. The molecular weight excluding hydrogens is 190 g/mol. The molecule has 2 rings (SSSR count). The predicted molar refractivity (Wildman–Crippen MR) is 50.2 cm³/mol. The predicted octanol–water partition coefficient (Wildman–Crippen LogP) is 1.71. The van der Waals surface area contributed by atoms with Gasteiger partial charge < -0.3 is 10.1 Å². The van der Waals surface area contributed by atoms with Crippen LogP contribution < -0.4 is 10.1 Å². The first-order valence-corrected chi connectivity index (χ1v) is 4.50. The van der Waals surface area contributed by atoms with Crippen LogP contribution in [-0.4, -0.2) is 23.1 Å². The normalized spacial score (nSPS) is 15.5. The van der Waals surface area contributed by atoms with Gasteiger partial charge in [0.25, 0.3) is 0 Å². The number of anilines is 1. The Balaban J connectivity index is 2.22. The molecule has 13 heavy (non-hydrogen) atoms. The Morgan fingerprint density at radius 1 is 1.62 bits per heavy atom. The molecule has 0 saturated heterocycles. The van der Waals surface area contributed by atoms with Gasteiger partial charge in [0.2, 0.25) is 5.28 Å². The summed E-state index contributed by atoms with van der Waals surface area (Å²) in [6.45, 7) is 0. The Hall–Kier alpha value is -1.03.